The van der Waals surface area contributed by atoms with Crippen LogP contribution < -0.4 is 4.90 Å². The van der Waals surface area contributed by atoms with Crippen molar-refractivity contribution in [2.24, 2.45) is 5.92 Å². The van der Waals surface area contributed by atoms with Crippen molar-refractivity contribution in [1.82, 2.24) is 10.1 Å². The van der Waals surface area contributed by atoms with E-state index in [0.29, 0.717) is 18.3 Å². The second-order valence-corrected chi connectivity index (χ2v) is 5.82. The Bertz CT molecular complexity index is 466. The van der Waals surface area contributed by atoms with Crippen LogP contribution in [0.25, 0.3) is 0 Å². The molecule has 0 aromatic carbocycles. The Kier molecular flexibility index (Phi) is 3.89. The lowest BCUT2D eigenvalue weighted by atomic mass is 9.96. The van der Waals surface area contributed by atoms with Crippen molar-refractivity contribution < 1.29 is 14.4 Å². The number of carboxylic acid groups (broad SMARTS) is 1. The summed E-state index contributed by atoms with van der Waals surface area (Å²) in [6, 6.07) is 0. The summed E-state index contributed by atoms with van der Waals surface area (Å²) in [6.07, 6.45) is 7.29. The van der Waals surface area contributed by atoms with Gasteiger partial charge in [0, 0.05) is 13.1 Å². The monoisotopic (exact) mass is 279 g/mol. The molecule has 2 unspecified atom stereocenters. The van der Waals surface area contributed by atoms with Gasteiger partial charge in [-0.25, -0.2) is 0 Å². The molecule has 2 atom stereocenters. The molecule has 1 aliphatic heterocycles. The van der Waals surface area contributed by atoms with Crippen LogP contribution in [-0.4, -0.2) is 34.3 Å². The van der Waals surface area contributed by atoms with Crippen LogP contribution in [0.2, 0.25) is 0 Å². The fourth-order valence-electron chi connectivity index (χ4n) is 3.33. The molecule has 6 heteroatoms. The molecule has 1 aromatic rings. The van der Waals surface area contributed by atoms with Crippen molar-refractivity contribution in [3.8, 4) is 0 Å². The highest BCUT2D eigenvalue weighted by atomic mass is 16.5. The zero-order valence-corrected chi connectivity index (χ0v) is 11.6. The second kappa shape index (κ2) is 5.81. The van der Waals surface area contributed by atoms with Crippen molar-refractivity contribution in [3.63, 3.8) is 0 Å². The Balaban J connectivity index is 1.74. The first kappa shape index (κ1) is 13.4. The molecule has 6 nitrogen and oxygen atoms in total. The Labute approximate surface area is 118 Å². The minimum absolute atomic E-state index is 0.110. The third-order valence-corrected chi connectivity index (χ3v) is 4.47. The van der Waals surface area contributed by atoms with Crippen molar-refractivity contribution in [3.05, 3.63) is 5.89 Å². The van der Waals surface area contributed by atoms with E-state index in [-0.39, 0.29) is 11.8 Å². The molecule has 0 bridgehead atoms. The molecule has 0 amide bonds. The van der Waals surface area contributed by atoms with E-state index in [0.717, 1.165) is 38.8 Å². The standard InChI is InChI=1S/C14H21N3O3/c18-13(19)11-7-5-6-10(11)12-15-14(16-20-12)17-8-3-1-2-4-9-17/h10-11H,1-9H2,(H,18,19). The van der Waals surface area contributed by atoms with E-state index in [4.69, 9.17) is 4.52 Å². The molecule has 1 saturated carbocycles. The molecular formula is C14H21N3O3. The van der Waals surface area contributed by atoms with Gasteiger partial charge in [-0.3, -0.25) is 4.79 Å². The molecule has 1 N–H and O–H groups in total. The Hall–Kier alpha value is -1.59. The van der Waals surface area contributed by atoms with E-state index >= 15 is 0 Å². The SMILES string of the molecule is O=C(O)C1CCCC1c1nc(N2CCCCCC2)no1. The zero-order valence-electron chi connectivity index (χ0n) is 11.6. The summed E-state index contributed by atoms with van der Waals surface area (Å²) in [5.41, 5.74) is 0. The highest BCUT2D eigenvalue weighted by Gasteiger charge is 2.37. The highest BCUT2D eigenvalue weighted by molar-refractivity contribution is 5.71. The van der Waals surface area contributed by atoms with Gasteiger partial charge in [0.25, 0.3) is 5.95 Å². The van der Waals surface area contributed by atoms with Gasteiger partial charge in [0.05, 0.1) is 11.8 Å². The average Bonchev–Trinajstić information content (AvgIpc) is 3.02. The number of hydrogen-bond donors (Lipinski definition) is 1. The minimum Gasteiger partial charge on any atom is -0.481 e. The first-order valence-electron chi connectivity index (χ1n) is 7.57. The van der Waals surface area contributed by atoms with Gasteiger partial charge in [-0.15, -0.1) is 0 Å². The largest absolute Gasteiger partial charge is 0.481 e. The third-order valence-electron chi connectivity index (χ3n) is 4.47. The first-order chi connectivity index (χ1) is 9.75. The molecule has 2 fully saturated rings. The first-order valence-corrected chi connectivity index (χ1v) is 7.57. The summed E-state index contributed by atoms with van der Waals surface area (Å²) in [5.74, 6) is -0.0812. The minimum atomic E-state index is -0.748. The smallest absolute Gasteiger partial charge is 0.307 e. The average molecular weight is 279 g/mol. The van der Waals surface area contributed by atoms with Gasteiger partial charge in [0.1, 0.15) is 0 Å². The molecule has 20 heavy (non-hydrogen) atoms. The van der Waals surface area contributed by atoms with E-state index in [1.54, 1.807) is 0 Å². The van der Waals surface area contributed by atoms with Gasteiger partial charge in [0.15, 0.2) is 0 Å². The number of carbonyl (C=O) groups is 1. The summed E-state index contributed by atoms with van der Waals surface area (Å²) in [4.78, 5) is 17.9. The van der Waals surface area contributed by atoms with Gasteiger partial charge in [-0.2, -0.15) is 4.98 Å². The Morgan fingerprint density at radius 2 is 1.90 bits per heavy atom. The number of hydrogen-bond acceptors (Lipinski definition) is 5. The molecule has 2 heterocycles. The second-order valence-electron chi connectivity index (χ2n) is 5.82. The molecule has 0 spiro atoms. The van der Waals surface area contributed by atoms with Gasteiger partial charge in [-0.05, 0) is 30.8 Å². The van der Waals surface area contributed by atoms with Crippen molar-refractivity contribution in [1.29, 1.82) is 0 Å². The van der Waals surface area contributed by atoms with E-state index in [2.05, 4.69) is 15.0 Å². The molecule has 1 aromatic heterocycles. The molecule has 1 aliphatic carbocycles. The lowest BCUT2D eigenvalue weighted by Gasteiger charge is -2.16. The number of rotatable bonds is 3. The maximum atomic E-state index is 11.2. The summed E-state index contributed by atoms with van der Waals surface area (Å²) in [7, 11) is 0. The Morgan fingerprint density at radius 3 is 2.60 bits per heavy atom. The van der Waals surface area contributed by atoms with E-state index < -0.39 is 5.97 Å². The van der Waals surface area contributed by atoms with Gasteiger partial charge in [-0.1, -0.05) is 19.3 Å². The molecule has 1 saturated heterocycles. The maximum absolute atomic E-state index is 11.2. The summed E-state index contributed by atoms with van der Waals surface area (Å²) >= 11 is 0. The van der Waals surface area contributed by atoms with Crippen LogP contribution in [0.5, 0.6) is 0 Å². The third kappa shape index (κ3) is 2.64. The fourth-order valence-corrected chi connectivity index (χ4v) is 3.33. The number of aromatic nitrogens is 2. The van der Waals surface area contributed by atoms with Crippen LogP contribution in [0.15, 0.2) is 4.52 Å². The van der Waals surface area contributed by atoms with Crippen LogP contribution in [-0.2, 0) is 4.79 Å². The molecule has 0 radical (unpaired) electrons. The predicted octanol–water partition coefficient (Wildman–Crippen LogP) is 2.42. The predicted molar refractivity (Wildman–Crippen MR) is 72.7 cm³/mol. The van der Waals surface area contributed by atoms with Crippen LogP contribution >= 0.6 is 0 Å². The van der Waals surface area contributed by atoms with Gasteiger partial charge < -0.3 is 14.5 Å². The van der Waals surface area contributed by atoms with Crippen molar-refractivity contribution in [2.75, 3.05) is 18.0 Å². The number of nitrogens with zero attached hydrogens (tertiary/aromatic N) is 3. The number of anilines is 1. The lowest BCUT2D eigenvalue weighted by molar-refractivity contribution is -0.142. The number of aliphatic carboxylic acids is 1. The van der Waals surface area contributed by atoms with Gasteiger partial charge in [0.2, 0.25) is 5.89 Å². The molecule has 110 valence electrons. The summed E-state index contributed by atoms with van der Waals surface area (Å²) in [5, 5.41) is 13.3. The normalized spacial score (nSPS) is 27.5. The summed E-state index contributed by atoms with van der Waals surface area (Å²) in [6.45, 7) is 1.93. The topological polar surface area (TPSA) is 79.5 Å². The molecule has 2 aliphatic rings. The Morgan fingerprint density at radius 1 is 1.15 bits per heavy atom. The maximum Gasteiger partial charge on any atom is 0.307 e. The zero-order chi connectivity index (χ0) is 13.9. The quantitative estimate of drug-likeness (QED) is 0.915. The van der Waals surface area contributed by atoms with E-state index in [9.17, 15) is 9.90 Å². The van der Waals surface area contributed by atoms with Crippen LogP contribution in [0.4, 0.5) is 5.95 Å². The highest BCUT2D eigenvalue weighted by Crippen LogP contribution is 2.39. The number of carboxylic acids is 1. The van der Waals surface area contributed by atoms with Crippen LogP contribution in [0.3, 0.4) is 0 Å². The van der Waals surface area contributed by atoms with E-state index in [1.807, 2.05) is 0 Å². The van der Waals surface area contributed by atoms with Crippen molar-refractivity contribution in [2.45, 2.75) is 50.9 Å². The molecular weight excluding hydrogens is 258 g/mol. The summed E-state index contributed by atoms with van der Waals surface area (Å²) < 4.78 is 5.36. The van der Waals surface area contributed by atoms with Crippen molar-refractivity contribution >= 4 is 11.9 Å². The van der Waals surface area contributed by atoms with Gasteiger partial charge >= 0.3 is 5.97 Å². The van der Waals surface area contributed by atoms with E-state index in [1.165, 1.54) is 12.8 Å². The van der Waals surface area contributed by atoms with Crippen LogP contribution in [0, 0.1) is 5.92 Å². The molecule has 3 rings (SSSR count). The fraction of sp³-hybridized carbons (Fsp3) is 0.786. The van der Waals surface area contributed by atoms with Crippen LogP contribution in [0.1, 0.15) is 56.8 Å². The lowest BCUT2D eigenvalue weighted by Crippen LogP contribution is -2.25.